The lowest BCUT2D eigenvalue weighted by Gasteiger charge is -2.20. The quantitative estimate of drug-likeness (QED) is 0.311. The third-order valence-electron chi connectivity index (χ3n) is 7.09. The number of esters is 1. The Labute approximate surface area is 250 Å². The SMILES string of the molecule is COC(=O)[C@H](CCSC)NC(=O)[C@H](C)Nc1ccc2c(cc1=O)[C@@H](NC(C)=O)CCc1cc(OC)c(OC)c(OC)c1-2. The predicted molar refractivity (Wildman–Crippen MR) is 163 cm³/mol. The number of anilines is 1. The van der Waals surface area contributed by atoms with Gasteiger partial charge in [-0.3, -0.25) is 14.4 Å². The number of methoxy groups -OCH3 is 4. The highest BCUT2D eigenvalue weighted by molar-refractivity contribution is 7.98. The Morgan fingerprint density at radius 2 is 1.76 bits per heavy atom. The Morgan fingerprint density at radius 3 is 2.36 bits per heavy atom. The molecule has 0 aromatic heterocycles. The smallest absolute Gasteiger partial charge is 0.328 e. The molecule has 2 aromatic rings. The second kappa shape index (κ2) is 14.8. The summed E-state index contributed by atoms with van der Waals surface area (Å²) in [6, 6.07) is 4.62. The van der Waals surface area contributed by atoms with Crippen LogP contribution in [-0.2, 0) is 25.5 Å². The van der Waals surface area contributed by atoms with Gasteiger partial charge in [-0.1, -0.05) is 6.07 Å². The van der Waals surface area contributed by atoms with Crippen molar-refractivity contribution in [3.63, 3.8) is 0 Å². The van der Waals surface area contributed by atoms with E-state index in [4.69, 9.17) is 18.9 Å². The Hall–Kier alpha value is -3.93. The number of aryl methyl sites for hydroxylation is 1. The van der Waals surface area contributed by atoms with E-state index in [2.05, 4.69) is 16.0 Å². The molecule has 11 nitrogen and oxygen atoms in total. The van der Waals surface area contributed by atoms with Gasteiger partial charge in [-0.15, -0.1) is 0 Å². The molecule has 42 heavy (non-hydrogen) atoms. The molecule has 2 aromatic carbocycles. The third kappa shape index (κ3) is 7.28. The fourth-order valence-corrected chi connectivity index (χ4v) is 5.52. The first-order valence-electron chi connectivity index (χ1n) is 13.5. The van der Waals surface area contributed by atoms with Crippen molar-refractivity contribution in [1.29, 1.82) is 0 Å². The molecule has 0 saturated carbocycles. The molecule has 228 valence electrons. The van der Waals surface area contributed by atoms with Crippen molar-refractivity contribution in [3.8, 4) is 28.4 Å². The molecule has 1 aliphatic rings. The van der Waals surface area contributed by atoms with Crippen LogP contribution in [0.2, 0.25) is 0 Å². The number of benzene rings is 1. The van der Waals surface area contributed by atoms with Gasteiger partial charge in [-0.2, -0.15) is 11.8 Å². The number of amides is 2. The van der Waals surface area contributed by atoms with Gasteiger partial charge < -0.3 is 34.9 Å². The second-order valence-corrected chi connectivity index (χ2v) is 10.8. The van der Waals surface area contributed by atoms with Crippen LogP contribution in [0.3, 0.4) is 0 Å². The number of carbonyl (C=O) groups is 3. The lowest BCUT2D eigenvalue weighted by Crippen LogP contribution is -2.47. The maximum atomic E-state index is 13.5. The van der Waals surface area contributed by atoms with Crippen LogP contribution in [0.5, 0.6) is 17.2 Å². The standard InChI is InChI=1S/C30H39N3O8S/c1-16(29(36)33-23(12-13-42-7)30(37)41-6)31-22-11-9-19-20(15-24(22)35)21(32-17(2)34)10-8-18-14-25(38-3)27(39-4)28(40-5)26(18)19/h9,11,14-16,21,23H,8,10,12-13H2,1-7H3,(H,31,35)(H,32,34)(H,33,36)/t16-,21-,23-/m0/s1. The molecule has 0 radical (unpaired) electrons. The Kier molecular flexibility index (Phi) is 11.5. The van der Waals surface area contributed by atoms with Crippen molar-refractivity contribution < 1.29 is 33.3 Å². The number of carbonyl (C=O) groups excluding carboxylic acids is 3. The van der Waals surface area contributed by atoms with Crippen molar-refractivity contribution in [2.45, 2.75) is 51.2 Å². The number of rotatable bonds is 12. The van der Waals surface area contributed by atoms with Gasteiger partial charge in [0, 0.05) is 12.5 Å². The Morgan fingerprint density at radius 1 is 1.05 bits per heavy atom. The Bertz CT molecular complexity index is 1380. The lowest BCUT2D eigenvalue weighted by atomic mass is 9.95. The molecule has 0 aliphatic heterocycles. The summed E-state index contributed by atoms with van der Waals surface area (Å²) in [4.78, 5) is 50.9. The monoisotopic (exact) mass is 601 g/mol. The van der Waals surface area contributed by atoms with Crippen LogP contribution < -0.4 is 35.6 Å². The van der Waals surface area contributed by atoms with E-state index < -0.39 is 30.0 Å². The van der Waals surface area contributed by atoms with E-state index in [1.807, 2.05) is 12.3 Å². The molecule has 3 N–H and O–H groups in total. The first-order chi connectivity index (χ1) is 20.1. The third-order valence-corrected chi connectivity index (χ3v) is 7.74. The van der Waals surface area contributed by atoms with Gasteiger partial charge in [-0.25, -0.2) is 4.79 Å². The second-order valence-electron chi connectivity index (χ2n) is 9.83. The average Bonchev–Trinajstić information content (AvgIpc) is 3.21. The van der Waals surface area contributed by atoms with E-state index in [1.54, 1.807) is 37.9 Å². The molecular weight excluding hydrogens is 562 g/mol. The minimum atomic E-state index is -0.848. The fourth-order valence-electron chi connectivity index (χ4n) is 5.05. The molecule has 12 heteroatoms. The molecule has 0 fully saturated rings. The molecular formula is C30H39N3O8S. The van der Waals surface area contributed by atoms with Crippen LogP contribution in [0.15, 0.2) is 29.1 Å². The summed E-state index contributed by atoms with van der Waals surface area (Å²) in [5.74, 6) is 0.777. The number of ether oxygens (including phenoxy) is 4. The first-order valence-corrected chi connectivity index (χ1v) is 14.9. The van der Waals surface area contributed by atoms with Gasteiger partial charge in [0.15, 0.2) is 11.5 Å². The average molecular weight is 602 g/mol. The summed E-state index contributed by atoms with van der Waals surface area (Å²) < 4.78 is 21.8. The minimum absolute atomic E-state index is 0.173. The van der Waals surface area contributed by atoms with Crippen LogP contribution in [0, 0.1) is 0 Å². The van der Waals surface area contributed by atoms with E-state index in [9.17, 15) is 19.2 Å². The fraction of sp³-hybridized carbons (Fsp3) is 0.467. The zero-order chi connectivity index (χ0) is 31.0. The van der Waals surface area contributed by atoms with E-state index in [0.29, 0.717) is 53.4 Å². The predicted octanol–water partition coefficient (Wildman–Crippen LogP) is 3.07. The molecule has 0 bridgehead atoms. The molecule has 0 saturated heterocycles. The maximum Gasteiger partial charge on any atom is 0.328 e. The minimum Gasteiger partial charge on any atom is -0.493 e. The Balaban J connectivity index is 2.09. The van der Waals surface area contributed by atoms with Crippen LogP contribution >= 0.6 is 11.8 Å². The number of nitrogens with one attached hydrogen (secondary N) is 3. The summed E-state index contributed by atoms with van der Waals surface area (Å²) in [6.45, 7) is 3.03. The van der Waals surface area contributed by atoms with Gasteiger partial charge in [0.1, 0.15) is 12.1 Å². The number of fused-ring (bicyclic) bond motifs is 3. The van der Waals surface area contributed by atoms with Crippen molar-refractivity contribution in [2.75, 3.05) is 45.8 Å². The van der Waals surface area contributed by atoms with Gasteiger partial charge in [0.25, 0.3) is 0 Å². The van der Waals surface area contributed by atoms with Gasteiger partial charge in [0.05, 0.1) is 40.2 Å². The maximum absolute atomic E-state index is 13.5. The van der Waals surface area contributed by atoms with Gasteiger partial charge in [0.2, 0.25) is 23.0 Å². The lowest BCUT2D eigenvalue weighted by molar-refractivity contribution is -0.145. The van der Waals surface area contributed by atoms with Gasteiger partial charge >= 0.3 is 5.97 Å². The van der Waals surface area contributed by atoms with Crippen LogP contribution in [0.1, 0.15) is 43.9 Å². The molecule has 3 rings (SSSR count). The van der Waals surface area contributed by atoms with Crippen molar-refractivity contribution in [1.82, 2.24) is 10.6 Å². The zero-order valence-electron chi connectivity index (χ0n) is 25.0. The largest absolute Gasteiger partial charge is 0.493 e. The van der Waals surface area contributed by atoms with Crippen molar-refractivity contribution in [2.24, 2.45) is 0 Å². The van der Waals surface area contributed by atoms with Crippen molar-refractivity contribution >= 4 is 35.2 Å². The van der Waals surface area contributed by atoms with Crippen LogP contribution in [0.25, 0.3) is 11.1 Å². The zero-order valence-corrected chi connectivity index (χ0v) is 25.9. The van der Waals surface area contributed by atoms with Crippen LogP contribution in [-0.4, -0.2) is 70.3 Å². The molecule has 3 atom stereocenters. The molecule has 2 amide bonds. The summed E-state index contributed by atoms with van der Waals surface area (Å²) in [7, 11) is 5.87. The number of hydrogen-bond acceptors (Lipinski definition) is 10. The van der Waals surface area contributed by atoms with E-state index in [1.165, 1.54) is 34.3 Å². The van der Waals surface area contributed by atoms with Crippen molar-refractivity contribution in [3.05, 3.63) is 45.6 Å². The molecule has 0 spiro atoms. The first kappa shape index (κ1) is 32.6. The van der Waals surface area contributed by atoms with E-state index in [0.717, 1.165) is 11.1 Å². The van der Waals surface area contributed by atoms with Crippen LogP contribution in [0.4, 0.5) is 5.69 Å². The summed E-state index contributed by atoms with van der Waals surface area (Å²) in [5.41, 5.74) is 2.70. The highest BCUT2D eigenvalue weighted by atomic mass is 32.2. The van der Waals surface area contributed by atoms with E-state index in [-0.39, 0.29) is 17.0 Å². The highest BCUT2D eigenvalue weighted by Gasteiger charge is 2.30. The normalized spacial score (nSPS) is 15.1. The molecule has 0 unspecified atom stereocenters. The summed E-state index contributed by atoms with van der Waals surface area (Å²) in [5, 5.41) is 8.67. The summed E-state index contributed by atoms with van der Waals surface area (Å²) >= 11 is 1.55. The summed E-state index contributed by atoms with van der Waals surface area (Å²) in [6.07, 6.45) is 3.41. The highest BCUT2D eigenvalue weighted by Crippen LogP contribution is 2.50. The molecule has 1 aliphatic carbocycles. The van der Waals surface area contributed by atoms with Gasteiger partial charge in [-0.05, 0) is 73.1 Å². The number of hydrogen-bond donors (Lipinski definition) is 3. The van der Waals surface area contributed by atoms with E-state index >= 15 is 0 Å². The number of thioether (sulfide) groups is 1. The topological polar surface area (TPSA) is 141 Å². The molecule has 0 heterocycles.